The van der Waals surface area contributed by atoms with Crippen molar-refractivity contribution in [3.8, 4) is 5.75 Å². The van der Waals surface area contributed by atoms with Crippen LogP contribution in [0.3, 0.4) is 0 Å². The van der Waals surface area contributed by atoms with Gasteiger partial charge >= 0.3 is 6.01 Å². The predicted octanol–water partition coefficient (Wildman–Crippen LogP) is 5.56. The Morgan fingerprint density at radius 1 is 1.13 bits per heavy atom. The first-order valence-electron chi connectivity index (χ1n) is 10.1. The summed E-state index contributed by atoms with van der Waals surface area (Å²) in [5, 5.41) is 11.8. The normalized spacial score (nSPS) is 11.2. The molecule has 2 aromatic carbocycles. The molecule has 7 nitrogen and oxygen atoms in total. The van der Waals surface area contributed by atoms with Gasteiger partial charge in [-0.05, 0) is 36.8 Å². The molecule has 0 aliphatic carbocycles. The second kappa shape index (κ2) is 9.26. The molecule has 1 N–H and O–H groups in total. The van der Waals surface area contributed by atoms with Crippen molar-refractivity contribution in [3.63, 3.8) is 0 Å². The summed E-state index contributed by atoms with van der Waals surface area (Å²) in [5.41, 5.74) is 1.58. The highest BCUT2D eigenvalue weighted by Crippen LogP contribution is 2.29. The third-order valence-corrected chi connectivity index (χ3v) is 5.39. The molecule has 0 fully saturated rings. The van der Waals surface area contributed by atoms with Gasteiger partial charge in [-0.1, -0.05) is 43.2 Å². The summed E-state index contributed by atoms with van der Waals surface area (Å²) in [7, 11) is 0. The smallest absolute Gasteiger partial charge is 0.322 e. The molecule has 0 bridgehead atoms. The summed E-state index contributed by atoms with van der Waals surface area (Å²) in [6.45, 7) is 6.72. The number of anilines is 1. The highest BCUT2D eigenvalue weighted by atomic mass is 32.2. The number of carbonyl (C=O) groups excluding carboxylic acids is 1. The van der Waals surface area contributed by atoms with E-state index in [9.17, 15) is 4.79 Å². The van der Waals surface area contributed by atoms with E-state index in [0.29, 0.717) is 35.5 Å². The standard InChI is InChI=1S/C23H23N3O4S/c1-4-28-18-7-5-6-16-13-19(29-21(16)18)22(27)24-23-26-25-20(30-23)12-15-8-10-17(11-9-15)31-14(2)3/h5-11,13-14H,4,12H2,1-3H3,(H,24,26,27). The van der Waals surface area contributed by atoms with Crippen molar-refractivity contribution < 1.29 is 18.4 Å². The third-order valence-electron chi connectivity index (χ3n) is 4.37. The molecule has 0 radical (unpaired) electrons. The number of fused-ring (bicyclic) bond motifs is 1. The van der Waals surface area contributed by atoms with Crippen molar-refractivity contribution in [2.24, 2.45) is 0 Å². The number of nitrogens with one attached hydrogen (secondary N) is 1. The van der Waals surface area contributed by atoms with Crippen LogP contribution in [0.15, 0.2) is 62.3 Å². The molecule has 0 atom stereocenters. The lowest BCUT2D eigenvalue weighted by atomic mass is 10.1. The fourth-order valence-corrected chi connectivity index (χ4v) is 3.92. The van der Waals surface area contributed by atoms with Crippen molar-refractivity contribution in [1.29, 1.82) is 0 Å². The first-order valence-corrected chi connectivity index (χ1v) is 10.9. The molecule has 0 saturated heterocycles. The summed E-state index contributed by atoms with van der Waals surface area (Å²) < 4.78 is 16.8. The molecule has 31 heavy (non-hydrogen) atoms. The first kappa shape index (κ1) is 21.0. The van der Waals surface area contributed by atoms with E-state index in [-0.39, 0.29) is 11.8 Å². The Kier molecular flexibility index (Phi) is 6.27. The van der Waals surface area contributed by atoms with Crippen LogP contribution in [0.5, 0.6) is 5.75 Å². The number of ether oxygens (including phenoxy) is 1. The van der Waals surface area contributed by atoms with Gasteiger partial charge in [0.1, 0.15) is 0 Å². The Bertz CT molecular complexity index is 1180. The Morgan fingerprint density at radius 2 is 1.94 bits per heavy atom. The van der Waals surface area contributed by atoms with Crippen molar-refractivity contribution >= 4 is 34.7 Å². The fraction of sp³-hybridized carbons (Fsp3) is 0.261. The molecule has 1 amide bonds. The maximum absolute atomic E-state index is 12.6. The second-order valence-electron chi connectivity index (χ2n) is 7.16. The summed E-state index contributed by atoms with van der Waals surface area (Å²) >= 11 is 1.81. The van der Waals surface area contributed by atoms with Crippen LogP contribution in [0.25, 0.3) is 11.0 Å². The summed E-state index contributed by atoms with van der Waals surface area (Å²) in [4.78, 5) is 13.8. The van der Waals surface area contributed by atoms with Crippen molar-refractivity contribution in [2.75, 3.05) is 11.9 Å². The summed E-state index contributed by atoms with van der Waals surface area (Å²) in [5.74, 6) is 0.684. The van der Waals surface area contributed by atoms with Crippen molar-refractivity contribution in [2.45, 2.75) is 37.3 Å². The number of hydrogen-bond acceptors (Lipinski definition) is 7. The molecule has 4 rings (SSSR count). The zero-order chi connectivity index (χ0) is 21.8. The van der Waals surface area contributed by atoms with E-state index in [2.05, 4.69) is 41.5 Å². The van der Waals surface area contributed by atoms with Gasteiger partial charge in [0.25, 0.3) is 5.91 Å². The summed E-state index contributed by atoms with van der Waals surface area (Å²) in [6.07, 6.45) is 0.484. The van der Waals surface area contributed by atoms with Gasteiger partial charge in [-0.25, -0.2) is 0 Å². The molecule has 8 heteroatoms. The van der Waals surface area contributed by atoms with E-state index in [1.54, 1.807) is 12.1 Å². The molecular weight excluding hydrogens is 414 g/mol. The Labute approximate surface area is 184 Å². The van der Waals surface area contributed by atoms with Crippen molar-refractivity contribution in [1.82, 2.24) is 10.2 Å². The molecule has 2 heterocycles. The van der Waals surface area contributed by atoms with Gasteiger partial charge in [-0.15, -0.1) is 16.9 Å². The van der Waals surface area contributed by atoms with Crippen LogP contribution >= 0.6 is 11.8 Å². The van der Waals surface area contributed by atoms with Gasteiger partial charge in [0.15, 0.2) is 17.1 Å². The minimum Gasteiger partial charge on any atom is -0.490 e. The van der Waals surface area contributed by atoms with Crippen LogP contribution in [-0.2, 0) is 6.42 Å². The second-order valence-corrected chi connectivity index (χ2v) is 8.81. The first-order chi connectivity index (χ1) is 15.0. The molecule has 0 spiro atoms. The Morgan fingerprint density at radius 3 is 2.68 bits per heavy atom. The number of para-hydroxylation sites is 1. The molecule has 0 aliphatic heterocycles. The molecule has 160 valence electrons. The van der Waals surface area contributed by atoms with E-state index in [4.69, 9.17) is 13.6 Å². The van der Waals surface area contributed by atoms with Gasteiger partial charge in [-0.3, -0.25) is 10.1 Å². The van der Waals surface area contributed by atoms with Crippen LogP contribution in [0.4, 0.5) is 6.01 Å². The zero-order valence-corrected chi connectivity index (χ0v) is 18.4. The number of rotatable bonds is 8. The maximum Gasteiger partial charge on any atom is 0.322 e. The average molecular weight is 438 g/mol. The van der Waals surface area contributed by atoms with Crippen LogP contribution in [0.1, 0.15) is 42.8 Å². The number of hydrogen-bond donors (Lipinski definition) is 1. The van der Waals surface area contributed by atoms with E-state index in [1.807, 2.05) is 43.0 Å². The highest BCUT2D eigenvalue weighted by molar-refractivity contribution is 7.99. The van der Waals surface area contributed by atoms with Crippen LogP contribution in [0.2, 0.25) is 0 Å². The van der Waals surface area contributed by atoms with Gasteiger partial charge in [0, 0.05) is 15.5 Å². The number of nitrogens with zero attached hydrogens (tertiary/aromatic N) is 2. The monoisotopic (exact) mass is 437 g/mol. The lowest BCUT2D eigenvalue weighted by molar-refractivity contribution is 0.0995. The van der Waals surface area contributed by atoms with Gasteiger partial charge in [0.2, 0.25) is 5.89 Å². The molecular formula is C23H23N3O4S. The van der Waals surface area contributed by atoms with E-state index < -0.39 is 5.91 Å². The molecule has 0 aliphatic rings. The highest BCUT2D eigenvalue weighted by Gasteiger charge is 2.18. The van der Waals surface area contributed by atoms with Crippen molar-refractivity contribution in [3.05, 3.63) is 65.7 Å². The molecule has 0 unspecified atom stereocenters. The van der Waals surface area contributed by atoms with E-state index in [0.717, 1.165) is 10.9 Å². The molecule has 2 aromatic heterocycles. The minimum absolute atomic E-state index is 0.0254. The number of benzene rings is 2. The number of thioether (sulfide) groups is 1. The quantitative estimate of drug-likeness (QED) is 0.361. The number of furan rings is 1. The predicted molar refractivity (Wildman–Crippen MR) is 120 cm³/mol. The largest absolute Gasteiger partial charge is 0.490 e. The molecule has 4 aromatic rings. The lowest BCUT2D eigenvalue weighted by Gasteiger charge is -2.05. The van der Waals surface area contributed by atoms with Gasteiger partial charge in [-0.2, -0.15) is 0 Å². The Hall–Kier alpha value is -3.26. The van der Waals surface area contributed by atoms with Gasteiger partial charge < -0.3 is 13.6 Å². The fourth-order valence-electron chi connectivity index (χ4n) is 3.08. The van der Waals surface area contributed by atoms with E-state index in [1.165, 1.54) is 4.90 Å². The third kappa shape index (κ3) is 5.08. The van der Waals surface area contributed by atoms with E-state index >= 15 is 0 Å². The SMILES string of the molecule is CCOc1cccc2cc(C(=O)Nc3nnc(Cc4ccc(SC(C)C)cc4)o3)oc12. The zero-order valence-electron chi connectivity index (χ0n) is 17.5. The lowest BCUT2D eigenvalue weighted by Crippen LogP contribution is -2.11. The maximum atomic E-state index is 12.6. The number of carbonyl (C=O) groups is 1. The average Bonchev–Trinajstić information content (AvgIpc) is 3.37. The van der Waals surface area contributed by atoms with Gasteiger partial charge in [0.05, 0.1) is 13.0 Å². The minimum atomic E-state index is -0.469. The number of amides is 1. The molecule has 0 saturated carbocycles. The van der Waals surface area contributed by atoms with Crippen LogP contribution < -0.4 is 10.1 Å². The summed E-state index contributed by atoms with van der Waals surface area (Å²) in [6, 6.07) is 15.4. The van der Waals surface area contributed by atoms with Crippen LogP contribution in [-0.4, -0.2) is 28.0 Å². The van der Waals surface area contributed by atoms with Crippen LogP contribution in [0, 0.1) is 0 Å². The topological polar surface area (TPSA) is 90.4 Å². The number of aromatic nitrogens is 2. The Balaban J connectivity index is 1.42.